The molecule has 0 aliphatic heterocycles. The molecule has 0 unspecified atom stereocenters. The van der Waals surface area contributed by atoms with E-state index in [1.54, 1.807) is 0 Å². The first-order valence-electron chi connectivity index (χ1n) is 5.35. The number of nitro groups is 1. The molecule has 9 heteroatoms. The Kier molecular flexibility index (Phi) is 6.16. The minimum absolute atomic E-state index is 0.0687. The normalized spacial score (nSPS) is 11.2. The highest BCUT2D eigenvalue weighted by Gasteiger charge is 2.29. The van der Waals surface area contributed by atoms with Crippen molar-refractivity contribution in [3.63, 3.8) is 0 Å². The van der Waals surface area contributed by atoms with Gasteiger partial charge >= 0.3 is 5.69 Å². The van der Waals surface area contributed by atoms with Crippen molar-refractivity contribution in [2.45, 2.75) is 0 Å². The lowest BCUT2D eigenvalue weighted by Gasteiger charge is -2.10. The molecule has 1 rings (SSSR count). The van der Waals surface area contributed by atoms with Crippen LogP contribution in [-0.2, 0) is 0 Å². The fourth-order valence-corrected chi connectivity index (χ4v) is 3.23. The zero-order valence-corrected chi connectivity index (χ0v) is 14.6. The van der Waals surface area contributed by atoms with Crippen molar-refractivity contribution in [1.82, 2.24) is 0 Å². The lowest BCUT2D eigenvalue weighted by Crippen LogP contribution is -2.08. The van der Waals surface area contributed by atoms with Gasteiger partial charge in [-0.2, -0.15) is 4.39 Å². The van der Waals surface area contributed by atoms with Gasteiger partial charge in [0.25, 0.3) is 0 Å². The van der Waals surface area contributed by atoms with Crippen LogP contribution in [0.25, 0.3) is 0 Å². The largest absolute Gasteiger partial charge is 0.319 e. The second-order valence-corrected chi connectivity index (χ2v) is 5.98. The first kappa shape index (κ1) is 18.7. The summed E-state index contributed by atoms with van der Waals surface area (Å²) in [5.74, 6) is -3.00. The number of nitrogens with zero attached hydrogens (tertiary/aromatic N) is 1. The molecule has 0 spiro atoms. The molecule has 0 amide bonds. The van der Waals surface area contributed by atoms with Crippen molar-refractivity contribution in [3.05, 3.63) is 72.2 Å². The van der Waals surface area contributed by atoms with E-state index in [-0.39, 0.29) is 20.6 Å². The van der Waals surface area contributed by atoms with Gasteiger partial charge in [-0.15, -0.1) is 0 Å². The Labute approximate surface area is 145 Å². The van der Waals surface area contributed by atoms with Crippen molar-refractivity contribution in [3.8, 4) is 0 Å². The molecule has 0 saturated heterocycles. The smallest absolute Gasteiger partial charge is 0.288 e. The van der Waals surface area contributed by atoms with Crippen molar-refractivity contribution in [2.75, 3.05) is 0 Å². The number of hydrogen-bond acceptors (Lipinski definition) is 3. The SMILES string of the molecule is C=C(F)/C=C(\C(=C)Cl)C(=O)c1c(Br)cc(F)c([N+](=O)[O-])c1Br. The van der Waals surface area contributed by atoms with Crippen LogP contribution in [0.5, 0.6) is 0 Å². The van der Waals surface area contributed by atoms with Gasteiger partial charge in [0.2, 0.25) is 5.82 Å². The summed E-state index contributed by atoms with van der Waals surface area (Å²) >= 11 is 11.4. The highest BCUT2D eigenvalue weighted by atomic mass is 79.9. The number of allylic oxidation sites excluding steroid dienone is 4. The lowest BCUT2D eigenvalue weighted by atomic mass is 10.0. The Bertz CT molecular complexity index is 747. The van der Waals surface area contributed by atoms with Gasteiger partial charge in [0.05, 0.1) is 10.5 Å². The standard InChI is InChI=1S/C13H6Br2ClF2NO3/c1-5(17)3-7(6(2)16)13(20)10-8(14)4-9(18)12(11(10)15)19(21)22/h3-4H,1-2H2/b7-3+. The highest BCUT2D eigenvalue weighted by molar-refractivity contribution is 9.11. The monoisotopic (exact) mass is 455 g/mol. The van der Waals surface area contributed by atoms with Gasteiger partial charge in [-0.3, -0.25) is 14.9 Å². The highest BCUT2D eigenvalue weighted by Crippen LogP contribution is 2.38. The van der Waals surface area contributed by atoms with E-state index in [9.17, 15) is 23.7 Å². The van der Waals surface area contributed by atoms with Gasteiger partial charge in [0, 0.05) is 15.1 Å². The lowest BCUT2D eigenvalue weighted by molar-refractivity contribution is -0.388. The summed E-state index contributed by atoms with van der Waals surface area (Å²) < 4.78 is 26.1. The number of carbonyl (C=O) groups is 1. The van der Waals surface area contributed by atoms with Crippen molar-refractivity contribution >= 4 is 54.9 Å². The molecule has 0 aliphatic rings. The summed E-state index contributed by atoms with van der Waals surface area (Å²) in [6.07, 6.45) is 0.728. The second kappa shape index (κ2) is 7.26. The summed E-state index contributed by atoms with van der Waals surface area (Å²) in [4.78, 5) is 22.3. The molecular formula is C13H6Br2ClF2NO3. The Morgan fingerprint density at radius 2 is 1.95 bits per heavy atom. The van der Waals surface area contributed by atoms with E-state index < -0.39 is 32.5 Å². The average molecular weight is 457 g/mol. The van der Waals surface area contributed by atoms with Gasteiger partial charge in [0.15, 0.2) is 5.78 Å². The Balaban J connectivity index is 3.66. The van der Waals surface area contributed by atoms with Gasteiger partial charge in [-0.1, -0.05) is 24.8 Å². The number of rotatable bonds is 5. The maximum atomic E-state index is 13.6. The molecular weight excluding hydrogens is 451 g/mol. The van der Waals surface area contributed by atoms with Crippen LogP contribution in [0, 0.1) is 15.9 Å². The first-order valence-corrected chi connectivity index (χ1v) is 7.31. The molecule has 1 aromatic carbocycles. The maximum absolute atomic E-state index is 13.6. The van der Waals surface area contributed by atoms with E-state index in [2.05, 4.69) is 45.0 Å². The van der Waals surface area contributed by atoms with Crippen LogP contribution < -0.4 is 0 Å². The molecule has 0 N–H and O–H groups in total. The molecule has 0 heterocycles. The molecule has 4 nitrogen and oxygen atoms in total. The predicted molar refractivity (Wildman–Crippen MR) is 86.1 cm³/mol. The Hall–Kier alpha value is -1.38. The minimum Gasteiger partial charge on any atom is -0.288 e. The third-order valence-electron chi connectivity index (χ3n) is 2.39. The van der Waals surface area contributed by atoms with Gasteiger partial charge < -0.3 is 0 Å². The quantitative estimate of drug-likeness (QED) is 0.190. The fourth-order valence-electron chi connectivity index (χ4n) is 1.51. The van der Waals surface area contributed by atoms with E-state index in [1.165, 1.54) is 0 Å². The Morgan fingerprint density at radius 1 is 1.41 bits per heavy atom. The summed E-state index contributed by atoms with van der Waals surface area (Å²) in [5.41, 5.74) is -1.58. The first-order chi connectivity index (χ1) is 10.1. The molecule has 1 aromatic rings. The molecule has 0 bridgehead atoms. The summed E-state index contributed by atoms with van der Waals surface area (Å²) in [7, 11) is 0. The van der Waals surface area contributed by atoms with Crippen LogP contribution >= 0.6 is 43.5 Å². The van der Waals surface area contributed by atoms with E-state index in [0.29, 0.717) is 0 Å². The van der Waals surface area contributed by atoms with E-state index in [0.717, 1.165) is 12.1 Å². The van der Waals surface area contributed by atoms with Crippen LogP contribution in [-0.4, -0.2) is 10.7 Å². The molecule has 0 aromatic heterocycles. The van der Waals surface area contributed by atoms with E-state index in [1.807, 2.05) is 0 Å². The summed E-state index contributed by atoms with van der Waals surface area (Å²) in [5, 5.41) is 10.6. The van der Waals surface area contributed by atoms with Gasteiger partial charge in [-0.25, -0.2) is 4.39 Å². The van der Waals surface area contributed by atoms with Crippen LogP contribution in [0.3, 0.4) is 0 Å². The number of carbonyl (C=O) groups excluding carboxylic acids is 1. The molecule has 22 heavy (non-hydrogen) atoms. The number of hydrogen-bond donors (Lipinski definition) is 0. The summed E-state index contributed by atoms with van der Waals surface area (Å²) in [6, 6.07) is 0.759. The number of benzene rings is 1. The molecule has 0 atom stereocenters. The second-order valence-electron chi connectivity index (χ2n) is 3.87. The third kappa shape index (κ3) is 3.88. The topological polar surface area (TPSA) is 60.2 Å². The average Bonchev–Trinajstić information content (AvgIpc) is 2.33. The number of ketones is 1. The predicted octanol–water partition coefficient (Wildman–Crippen LogP) is 5.60. The Morgan fingerprint density at radius 3 is 2.36 bits per heavy atom. The van der Waals surface area contributed by atoms with Crippen LogP contribution in [0.2, 0.25) is 0 Å². The molecule has 0 fully saturated rings. The van der Waals surface area contributed by atoms with Crippen molar-refractivity contribution in [1.29, 1.82) is 0 Å². The third-order valence-corrected chi connectivity index (χ3v) is 3.99. The molecule has 116 valence electrons. The molecule has 0 saturated carbocycles. The fraction of sp³-hybridized carbons (Fsp3) is 0. The van der Waals surface area contributed by atoms with Gasteiger partial charge in [-0.05, 0) is 44.0 Å². The number of Topliss-reactive ketones (excluding diaryl/α,β-unsaturated/α-hetero) is 1. The number of nitro benzene ring substituents is 1. The summed E-state index contributed by atoms with van der Waals surface area (Å²) in [6.45, 7) is 6.29. The zero-order valence-electron chi connectivity index (χ0n) is 10.6. The van der Waals surface area contributed by atoms with Crippen LogP contribution in [0.1, 0.15) is 10.4 Å². The minimum atomic E-state index is -1.15. The van der Waals surface area contributed by atoms with Crippen LogP contribution in [0.4, 0.5) is 14.5 Å². The molecule has 0 radical (unpaired) electrons. The maximum Gasteiger partial charge on any atom is 0.319 e. The van der Waals surface area contributed by atoms with Crippen molar-refractivity contribution < 1.29 is 18.5 Å². The van der Waals surface area contributed by atoms with E-state index >= 15 is 0 Å². The van der Waals surface area contributed by atoms with E-state index in [4.69, 9.17) is 11.6 Å². The molecule has 0 aliphatic carbocycles. The van der Waals surface area contributed by atoms with Crippen molar-refractivity contribution in [2.24, 2.45) is 0 Å². The van der Waals surface area contributed by atoms with Crippen LogP contribution in [0.15, 0.2) is 50.7 Å². The van der Waals surface area contributed by atoms with Gasteiger partial charge in [0.1, 0.15) is 10.3 Å². The zero-order chi connectivity index (χ0) is 17.2. The number of halogens is 5.